The number of aryl methyl sites for hydroxylation is 3. The molecule has 3 aromatic carbocycles. The minimum atomic E-state index is 0. The van der Waals surface area contributed by atoms with Crippen molar-refractivity contribution in [2.45, 2.75) is 33.6 Å². The van der Waals surface area contributed by atoms with Crippen molar-refractivity contribution in [2.75, 3.05) is 0 Å². The molecule has 0 radical (unpaired) electrons. The van der Waals surface area contributed by atoms with E-state index in [2.05, 4.69) is 6.92 Å². The van der Waals surface area contributed by atoms with E-state index in [1.54, 1.807) is 42.5 Å². The largest absolute Gasteiger partial charge is 1.00 e. The predicted molar refractivity (Wildman–Crippen MR) is 101 cm³/mol. The Morgan fingerprint density at radius 3 is 1.59 bits per heavy atom. The number of rotatable bonds is 2. The normalized spacial score (nSPS) is 8.38. The van der Waals surface area contributed by atoms with Crippen LogP contribution in [-0.4, -0.2) is 0 Å². The first-order chi connectivity index (χ1) is 12.5. The van der Waals surface area contributed by atoms with Crippen LogP contribution in [-0.2, 0) is 12.8 Å². The van der Waals surface area contributed by atoms with Crippen molar-refractivity contribution in [3.8, 4) is 17.2 Å². The maximum Gasteiger partial charge on any atom is 1.00 e. The van der Waals surface area contributed by atoms with Crippen LogP contribution >= 0.6 is 0 Å². The third-order valence-corrected chi connectivity index (χ3v) is 3.67. The summed E-state index contributed by atoms with van der Waals surface area (Å²) < 4.78 is 0. The van der Waals surface area contributed by atoms with E-state index in [-0.39, 0.29) is 106 Å². The zero-order valence-corrected chi connectivity index (χ0v) is 24.6. The van der Waals surface area contributed by atoms with E-state index in [0.717, 1.165) is 24.0 Å². The molecule has 0 amide bonds. The average molecular weight is 418 g/mol. The Labute approximate surface area is 241 Å². The molecule has 0 N–H and O–H groups in total. The van der Waals surface area contributed by atoms with Gasteiger partial charge >= 0.3 is 88.7 Å². The zero-order valence-electron chi connectivity index (χ0n) is 18.6. The number of para-hydroxylation sites is 1. The molecule has 0 spiro atoms. The summed E-state index contributed by atoms with van der Waals surface area (Å²) in [5, 5.41) is 31.9. The first-order valence-corrected chi connectivity index (χ1v) is 8.70. The fourth-order valence-corrected chi connectivity index (χ4v) is 2.14. The van der Waals surface area contributed by atoms with E-state index in [1.807, 2.05) is 44.2 Å². The van der Waals surface area contributed by atoms with Crippen molar-refractivity contribution < 1.29 is 104 Å². The summed E-state index contributed by atoms with van der Waals surface area (Å²) in [5.74, 6) is 0.331. The average Bonchev–Trinajstić information content (AvgIpc) is 2.64. The van der Waals surface area contributed by atoms with E-state index in [4.69, 9.17) is 0 Å². The molecule has 3 rings (SSSR count). The molecule has 138 valence electrons. The van der Waals surface area contributed by atoms with Crippen LogP contribution in [0.25, 0.3) is 0 Å². The Balaban J connectivity index is -0.000000333. The molecular weight excluding hydrogens is 393 g/mol. The van der Waals surface area contributed by atoms with Gasteiger partial charge in [-0.3, -0.25) is 0 Å². The zero-order chi connectivity index (χ0) is 19.4. The van der Waals surface area contributed by atoms with Crippen LogP contribution in [0.1, 0.15) is 30.5 Å². The fraction of sp³-hybridized carbons (Fsp3) is 0.217. The summed E-state index contributed by atoms with van der Waals surface area (Å²) in [4.78, 5) is 0. The summed E-state index contributed by atoms with van der Waals surface area (Å²) >= 11 is 0. The van der Waals surface area contributed by atoms with Crippen LogP contribution in [0.4, 0.5) is 0 Å². The molecule has 0 fully saturated rings. The van der Waals surface area contributed by atoms with E-state index in [9.17, 15) is 15.3 Å². The van der Waals surface area contributed by atoms with Gasteiger partial charge in [-0.25, -0.2) is 0 Å². The maximum absolute atomic E-state index is 10.9. The summed E-state index contributed by atoms with van der Waals surface area (Å²) in [6.45, 7) is 5.96. The van der Waals surface area contributed by atoms with Gasteiger partial charge < -0.3 is 15.3 Å². The standard InChI is InChI=1S/2C8H10O.C7H8O.3Na/c1-2-7-3-5-8(9)6-4-7;1-2-7-5-3-4-6-8(7)9;1-6-3-2-4-7(8)5-6;;;/h2*3-6,9H,2H2,1H3;2-5,8H,1H3;;;/q;;;3*+1/p-3. The van der Waals surface area contributed by atoms with E-state index >= 15 is 0 Å². The van der Waals surface area contributed by atoms with Crippen LogP contribution < -0.4 is 104 Å². The van der Waals surface area contributed by atoms with Gasteiger partial charge in [-0.05, 0) is 25.3 Å². The molecule has 0 aromatic heterocycles. The fourth-order valence-electron chi connectivity index (χ4n) is 2.14. The van der Waals surface area contributed by atoms with Crippen LogP contribution in [0.3, 0.4) is 0 Å². The molecule has 0 aliphatic rings. The Hall–Kier alpha value is 0.0600. The van der Waals surface area contributed by atoms with Crippen LogP contribution in [0.5, 0.6) is 17.2 Å². The van der Waals surface area contributed by atoms with E-state index < -0.39 is 0 Å². The third kappa shape index (κ3) is 15.5. The van der Waals surface area contributed by atoms with Crippen LogP contribution in [0, 0.1) is 6.92 Å². The summed E-state index contributed by atoms with van der Waals surface area (Å²) in [5.41, 5.74) is 3.14. The van der Waals surface area contributed by atoms with Crippen LogP contribution in [0.15, 0.2) is 72.8 Å². The topological polar surface area (TPSA) is 69.2 Å². The maximum atomic E-state index is 10.9. The minimum Gasteiger partial charge on any atom is -0.872 e. The van der Waals surface area contributed by atoms with Gasteiger partial charge in [0.2, 0.25) is 0 Å². The monoisotopic (exact) mass is 418 g/mol. The van der Waals surface area contributed by atoms with Gasteiger partial charge in [-0.1, -0.05) is 97.8 Å². The predicted octanol–water partition coefficient (Wildman–Crippen LogP) is -5.27. The molecule has 29 heavy (non-hydrogen) atoms. The Morgan fingerprint density at radius 2 is 1.21 bits per heavy atom. The van der Waals surface area contributed by atoms with Crippen molar-refractivity contribution in [1.82, 2.24) is 0 Å². The number of hydrogen-bond acceptors (Lipinski definition) is 3. The van der Waals surface area contributed by atoms with Gasteiger partial charge in [0.05, 0.1) is 0 Å². The molecule has 0 aliphatic heterocycles. The second-order valence-electron chi connectivity index (χ2n) is 5.78. The van der Waals surface area contributed by atoms with Gasteiger partial charge in [0.1, 0.15) is 0 Å². The minimum absolute atomic E-state index is 0. The van der Waals surface area contributed by atoms with Gasteiger partial charge in [0, 0.05) is 0 Å². The number of benzene rings is 3. The molecular formula is C23H25Na3O3. The van der Waals surface area contributed by atoms with E-state index in [0.29, 0.717) is 0 Å². The third-order valence-electron chi connectivity index (χ3n) is 3.67. The molecule has 0 atom stereocenters. The van der Waals surface area contributed by atoms with Crippen molar-refractivity contribution in [2.24, 2.45) is 0 Å². The number of hydrogen-bond donors (Lipinski definition) is 0. The Morgan fingerprint density at radius 1 is 0.621 bits per heavy atom. The molecule has 0 bridgehead atoms. The van der Waals surface area contributed by atoms with Gasteiger partial charge in [-0.15, -0.1) is 17.2 Å². The van der Waals surface area contributed by atoms with Crippen LogP contribution in [0.2, 0.25) is 0 Å². The molecule has 3 aromatic rings. The van der Waals surface area contributed by atoms with Crippen molar-refractivity contribution in [1.29, 1.82) is 0 Å². The van der Waals surface area contributed by atoms with Crippen molar-refractivity contribution in [3.63, 3.8) is 0 Å². The second kappa shape index (κ2) is 20.0. The quantitative estimate of drug-likeness (QED) is 0.391. The molecule has 3 nitrogen and oxygen atoms in total. The van der Waals surface area contributed by atoms with Gasteiger partial charge in [0.25, 0.3) is 0 Å². The summed E-state index contributed by atoms with van der Waals surface area (Å²) in [6.07, 6.45) is 1.83. The molecule has 0 heterocycles. The molecule has 0 saturated carbocycles. The molecule has 0 saturated heterocycles. The Kier molecular flexibility index (Phi) is 23.2. The smallest absolute Gasteiger partial charge is 0.872 e. The first kappa shape index (κ1) is 33.7. The first-order valence-electron chi connectivity index (χ1n) is 8.70. The van der Waals surface area contributed by atoms with E-state index in [1.165, 1.54) is 5.56 Å². The van der Waals surface area contributed by atoms with Crippen molar-refractivity contribution in [3.05, 3.63) is 89.5 Å². The molecule has 6 heteroatoms. The van der Waals surface area contributed by atoms with Crippen molar-refractivity contribution >= 4 is 0 Å². The summed E-state index contributed by atoms with van der Waals surface area (Å²) in [6, 6.07) is 20.9. The molecule has 0 unspecified atom stereocenters. The summed E-state index contributed by atoms with van der Waals surface area (Å²) in [7, 11) is 0. The SMILES string of the molecule is CCc1ccc([O-])cc1.CCc1ccccc1[O-].Cc1cccc([O-])c1.[Na+].[Na+].[Na+]. The molecule has 0 aliphatic carbocycles. The second-order valence-corrected chi connectivity index (χ2v) is 5.78. The van der Waals surface area contributed by atoms with Gasteiger partial charge in [0.15, 0.2) is 0 Å². The Bertz CT molecular complexity index is 761. The van der Waals surface area contributed by atoms with Gasteiger partial charge in [-0.2, -0.15) is 0 Å².